The lowest BCUT2D eigenvalue weighted by Crippen LogP contribution is -2.47. The van der Waals surface area contributed by atoms with Gasteiger partial charge in [0, 0.05) is 11.3 Å². The Morgan fingerprint density at radius 3 is 2.81 bits per heavy atom. The number of hydrazine groups is 1. The molecule has 26 heavy (non-hydrogen) atoms. The third-order valence-electron chi connectivity index (χ3n) is 5.34. The standard InChI is InChI=1S/C20H23N3O3/c1-12-16(10-19(24)26-2)20(25)23-18(21-12)11-17(22-23)15-8-7-13-5-3-4-6-14(13)9-15/h7-9,11,17,21-22H,3-6,10H2,1-2H3. The van der Waals surface area contributed by atoms with Gasteiger partial charge in [-0.3, -0.25) is 9.59 Å². The van der Waals surface area contributed by atoms with E-state index in [1.807, 2.05) is 6.08 Å². The molecule has 0 radical (unpaired) electrons. The third-order valence-corrected chi connectivity index (χ3v) is 5.34. The van der Waals surface area contributed by atoms with Gasteiger partial charge in [0.1, 0.15) is 5.82 Å². The molecular formula is C20H23N3O3. The molecule has 0 spiro atoms. The van der Waals surface area contributed by atoms with Gasteiger partial charge < -0.3 is 10.1 Å². The van der Waals surface area contributed by atoms with Crippen LogP contribution in [-0.2, 0) is 27.2 Å². The molecule has 1 atom stereocenters. The van der Waals surface area contributed by atoms with E-state index in [4.69, 9.17) is 4.74 Å². The number of allylic oxidation sites excluding steroid dienone is 1. The monoisotopic (exact) mass is 353 g/mol. The molecule has 4 rings (SSSR count). The van der Waals surface area contributed by atoms with Gasteiger partial charge in [-0.2, -0.15) is 0 Å². The lowest BCUT2D eigenvalue weighted by molar-refractivity contribution is -0.141. The number of benzene rings is 1. The van der Waals surface area contributed by atoms with Crippen LogP contribution in [0.1, 0.15) is 48.9 Å². The van der Waals surface area contributed by atoms with Crippen molar-refractivity contribution in [1.29, 1.82) is 0 Å². The van der Waals surface area contributed by atoms with E-state index in [-0.39, 0.29) is 18.4 Å². The van der Waals surface area contributed by atoms with E-state index in [1.54, 1.807) is 6.92 Å². The molecule has 1 unspecified atom stereocenters. The Bertz CT molecular complexity index is 841. The molecule has 136 valence electrons. The van der Waals surface area contributed by atoms with E-state index in [0.717, 1.165) is 18.4 Å². The summed E-state index contributed by atoms with van der Waals surface area (Å²) in [6.07, 6.45) is 6.75. The van der Waals surface area contributed by atoms with Gasteiger partial charge in [-0.05, 0) is 55.4 Å². The van der Waals surface area contributed by atoms with Crippen LogP contribution in [0.2, 0.25) is 0 Å². The number of nitrogens with one attached hydrogen (secondary N) is 2. The fraction of sp³-hybridized carbons (Fsp3) is 0.400. The minimum Gasteiger partial charge on any atom is -0.469 e. The first-order valence-electron chi connectivity index (χ1n) is 9.04. The normalized spacial score (nSPS) is 21.8. The summed E-state index contributed by atoms with van der Waals surface area (Å²) in [6, 6.07) is 6.53. The molecule has 2 aliphatic heterocycles. The molecule has 0 bridgehead atoms. The lowest BCUT2D eigenvalue weighted by atomic mass is 9.89. The Balaban J connectivity index is 1.56. The molecule has 0 saturated heterocycles. The van der Waals surface area contributed by atoms with Crippen LogP contribution in [0.25, 0.3) is 0 Å². The molecule has 1 aromatic rings. The van der Waals surface area contributed by atoms with Crippen LogP contribution in [0.5, 0.6) is 0 Å². The van der Waals surface area contributed by atoms with Gasteiger partial charge in [0.15, 0.2) is 0 Å². The Morgan fingerprint density at radius 1 is 1.27 bits per heavy atom. The van der Waals surface area contributed by atoms with Gasteiger partial charge in [0.25, 0.3) is 5.91 Å². The first kappa shape index (κ1) is 16.8. The molecule has 6 nitrogen and oxygen atoms in total. The summed E-state index contributed by atoms with van der Waals surface area (Å²) >= 11 is 0. The fourth-order valence-corrected chi connectivity index (χ4v) is 3.85. The Hall–Kier alpha value is -2.60. The molecule has 2 heterocycles. The third kappa shape index (κ3) is 2.90. The zero-order valence-corrected chi connectivity index (χ0v) is 15.1. The topological polar surface area (TPSA) is 70.7 Å². The predicted molar refractivity (Wildman–Crippen MR) is 96.4 cm³/mol. The number of carbonyl (C=O) groups is 2. The molecule has 2 N–H and O–H groups in total. The minimum absolute atomic E-state index is 0.0386. The Labute approximate surface area is 152 Å². The van der Waals surface area contributed by atoms with Crippen molar-refractivity contribution in [3.63, 3.8) is 0 Å². The van der Waals surface area contributed by atoms with E-state index in [9.17, 15) is 9.59 Å². The van der Waals surface area contributed by atoms with Crippen molar-refractivity contribution in [2.45, 2.75) is 45.1 Å². The van der Waals surface area contributed by atoms with Crippen LogP contribution in [0, 0.1) is 0 Å². The summed E-state index contributed by atoms with van der Waals surface area (Å²) in [6.45, 7) is 1.81. The Kier molecular flexibility index (Phi) is 4.28. The number of hydrogen-bond acceptors (Lipinski definition) is 5. The summed E-state index contributed by atoms with van der Waals surface area (Å²) in [4.78, 5) is 24.4. The van der Waals surface area contributed by atoms with Gasteiger partial charge in [-0.15, -0.1) is 0 Å². The summed E-state index contributed by atoms with van der Waals surface area (Å²) in [5, 5.41) is 4.72. The molecular weight excluding hydrogens is 330 g/mol. The maximum atomic E-state index is 12.8. The quantitative estimate of drug-likeness (QED) is 0.816. The summed E-state index contributed by atoms with van der Waals surface area (Å²) in [7, 11) is 1.32. The van der Waals surface area contributed by atoms with Crippen LogP contribution >= 0.6 is 0 Å². The summed E-state index contributed by atoms with van der Waals surface area (Å²) in [5.41, 5.74) is 8.37. The lowest BCUT2D eigenvalue weighted by Gasteiger charge is -2.29. The summed E-state index contributed by atoms with van der Waals surface area (Å²) < 4.78 is 4.70. The minimum atomic E-state index is -0.424. The van der Waals surface area contributed by atoms with Crippen LogP contribution in [0.4, 0.5) is 0 Å². The van der Waals surface area contributed by atoms with Crippen LogP contribution in [0.15, 0.2) is 41.4 Å². The van der Waals surface area contributed by atoms with Crippen molar-refractivity contribution in [2.75, 3.05) is 7.11 Å². The van der Waals surface area contributed by atoms with Crippen molar-refractivity contribution in [3.8, 4) is 0 Å². The Morgan fingerprint density at radius 2 is 2.04 bits per heavy atom. The second kappa shape index (κ2) is 6.61. The molecule has 0 saturated carbocycles. The van der Waals surface area contributed by atoms with E-state index in [0.29, 0.717) is 17.1 Å². The highest BCUT2D eigenvalue weighted by molar-refractivity contribution is 6.00. The molecule has 1 amide bonds. The number of methoxy groups -OCH3 is 1. The SMILES string of the molecule is COC(=O)CC1=C(C)NC2=CC(c3ccc4c(c3)CCCC4)NN2C1=O. The van der Waals surface area contributed by atoms with Gasteiger partial charge in [0.05, 0.1) is 19.6 Å². The molecule has 3 aliphatic rings. The zero-order valence-electron chi connectivity index (χ0n) is 15.1. The first-order chi connectivity index (χ1) is 12.6. The smallest absolute Gasteiger partial charge is 0.310 e. The molecule has 0 aromatic heterocycles. The largest absolute Gasteiger partial charge is 0.469 e. The number of aryl methyl sites for hydroxylation is 2. The van der Waals surface area contributed by atoms with Crippen LogP contribution in [-0.4, -0.2) is 24.0 Å². The average molecular weight is 353 g/mol. The van der Waals surface area contributed by atoms with E-state index < -0.39 is 5.97 Å². The number of ether oxygens (including phenoxy) is 1. The van der Waals surface area contributed by atoms with Crippen molar-refractivity contribution in [3.05, 3.63) is 58.1 Å². The predicted octanol–water partition coefficient (Wildman–Crippen LogP) is 2.23. The molecule has 1 aromatic carbocycles. The van der Waals surface area contributed by atoms with Crippen molar-refractivity contribution in [1.82, 2.24) is 15.8 Å². The van der Waals surface area contributed by atoms with Gasteiger partial charge in [-0.1, -0.05) is 18.2 Å². The number of esters is 1. The van der Waals surface area contributed by atoms with Gasteiger partial charge >= 0.3 is 5.97 Å². The molecule has 1 aliphatic carbocycles. The van der Waals surface area contributed by atoms with Crippen molar-refractivity contribution in [2.24, 2.45) is 0 Å². The number of amides is 1. The average Bonchev–Trinajstić information content (AvgIpc) is 3.08. The molecule has 0 fully saturated rings. The van der Waals surface area contributed by atoms with Crippen LogP contribution in [0.3, 0.4) is 0 Å². The maximum Gasteiger partial charge on any atom is 0.310 e. The second-order valence-corrected chi connectivity index (χ2v) is 7.02. The first-order valence-corrected chi connectivity index (χ1v) is 9.04. The number of hydrogen-bond donors (Lipinski definition) is 2. The zero-order chi connectivity index (χ0) is 18.3. The molecule has 6 heteroatoms. The van der Waals surface area contributed by atoms with Crippen molar-refractivity contribution >= 4 is 11.9 Å². The number of fused-ring (bicyclic) bond motifs is 2. The number of nitrogens with zero attached hydrogens (tertiary/aromatic N) is 1. The highest BCUT2D eigenvalue weighted by Gasteiger charge is 2.36. The van der Waals surface area contributed by atoms with E-state index >= 15 is 0 Å². The highest BCUT2D eigenvalue weighted by atomic mass is 16.5. The number of rotatable bonds is 3. The van der Waals surface area contributed by atoms with E-state index in [1.165, 1.54) is 36.1 Å². The highest BCUT2D eigenvalue weighted by Crippen LogP contribution is 2.31. The maximum absolute atomic E-state index is 12.8. The summed E-state index contributed by atoms with van der Waals surface area (Å²) in [5.74, 6) is 0.0783. The van der Waals surface area contributed by atoms with E-state index in [2.05, 4.69) is 28.9 Å². The van der Waals surface area contributed by atoms with Crippen molar-refractivity contribution < 1.29 is 14.3 Å². The van der Waals surface area contributed by atoms with Crippen LogP contribution < -0.4 is 10.7 Å². The fourth-order valence-electron chi connectivity index (χ4n) is 3.85. The van der Waals surface area contributed by atoms with Gasteiger partial charge in [-0.25, -0.2) is 10.4 Å². The number of carbonyl (C=O) groups excluding carboxylic acids is 2. The van der Waals surface area contributed by atoms with Gasteiger partial charge in [0.2, 0.25) is 0 Å². The second-order valence-electron chi connectivity index (χ2n) is 7.02.